The molecule has 2 rings (SSSR count). The number of aromatic nitrogens is 3. The van der Waals surface area contributed by atoms with Gasteiger partial charge in [0, 0.05) is 11.8 Å². The summed E-state index contributed by atoms with van der Waals surface area (Å²) in [5.74, 6) is 0.0800. The molecule has 6 nitrogen and oxygen atoms in total. The fourth-order valence-electron chi connectivity index (χ4n) is 1.42. The average Bonchev–Trinajstić information content (AvgIpc) is 2.90. The molecule has 0 bridgehead atoms. The largest absolute Gasteiger partial charge is 0.494 e. The van der Waals surface area contributed by atoms with E-state index >= 15 is 0 Å². The van der Waals surface area contributed by atoms with Crippen LogP contribution in [-0.4, -0.2) is 35.4 Å². The van der Waals surface area contributed by atoms with Crippen LogP contribution in [0.2, 0.25) is 0 Å². The second-order valence-electron chi connectivity index (χ2n) is 3.23. The molecule has 0 radical (unpaired) electrons. The predicted octanol–water partition coefficient (Wildman–Crippen LogP) is 1.27. The van der Waals surface area contributed by atoms with Gasteiger partial charge in [-0.15, -0.1) is 0 Å². The summed E-state index contributed by atoms with van der Waals surface area (Å²) in [6, 6.07) is 3.22. The van der Waals surface area contributed by atoms with Crippen molar-refractivity contribution in [2.45, 2.75) is 0 Å². The van der Waals surface area contributed by atoms with E-state index in [9.17, 15) is 4.79 Å². The van der Waals surface area contributed by atoms with Gasteiger partial charge in [0.05, 0.1) is 20.4 Å². The molecule has 88 valence electrons. The van der Waals surface area contributed by atoms with Crippen molar-refractivity contribution in [2.24, 2.45) is 0 Å². The SMILES string of the molecule is COC(=O)c1ccc(OC)c(-c2cn[nH]c2)n1. The molecule has 0 aliphatic carbocycles. The Morgan fingerprint density at radius 1 is 1.35 bits per heavy atom. The summed E-state index contributed by atoms with van der Waals surface area (Å²) in [4.78, 5) is 15.6. The highest BCUT2D eigenvalue weighted by Crippen LogP contribution is 2.27. The second kappa shape index (κ2) is 4.65. The predicted molar refractivity (Wildman–Crippen MR) is 59.7 cm³/mol. The Balaban J connectivity index is 2.51. The minimum absolute atomic E-state index is 0.226. The lowest BCUT2D eigenvalue weighted by molar-refractivity contribution is 0.0594. The van der Waals surface area contributed by atoms with Crippen LogP contribution in [0, 0.1) is 0 Å². The second-order valence-corrected chi connectivity index (χ2v) is 3.23. The highest BCUT2D eigenvalue weighted by Gasteiger charge is 2.14. The van der Waals surface area contributed by atoms with Crippen LogP contribution in [0.25, 0.3) is 11.3 Å². The van der Waals surface area contributed by atoms with Crippen LogP contribution < -0.4 is 4.74 Å². The molecule has 0 unspecified atom stereocenters. The maximum absolute atomic E-state index is 11.4. The number of ether oxygens (including phenoxy) is 2. The van der Waals surface area contributed by atoms with Gasteiger partial charge in [0.2, 0.25) is 0 Å². The molecule has 1 N–H and O–H groups in total. The molecule has 0 aliphatic heterocycles. The Hall–Kier alpha value is -2.37. The minimum atomic E-state index is -0.489. The molecule has 0 spiro atoms. The van der Waals surface area contributed by atoms with Crippen LogP contribution in [-0.2, 0) is 4.74 Å². The van der Waals surface area contributed by atoms with Gasteiger partial charge in [0.25, 0.3) is 0 Å². The van der Waals surface area contributed by atoms with Gasteiger partial charge in [-0.3, -0.25) is 5.10 Å². The molecule has 2 aromatic heterocycles. The number of nitrogens with zero attached hydrogens (tertiary/aromatic N) is 2. The quantitative estimate of drug-likeness (QED) is 0.808. The van der Waals surface area contributed by atoms with E-state index in [4.69, 9.17) is 4.74 Å². The molecule has 2 heterocycles. The van der Waals surface area contributed by atoms with Crippen molar-refractivity contribution in [3.8, 4) is 17.0 Å². The van der Waals surface area contributed by atoms with E-state index in [0.717, 1.165) is 5.56 Å². The first-order valence-corrected chi connectivity index (χ1v) is 4.88. The number of pyridine rings is 1. The molecule has 0 atom stereocenters. The number of hydrogen-bond acceptors (Lipinski definition) is 5. The van der Waals surface area contributed by atoms with Crippen molar-refractivity contribution in [3.63, 3.8) is 0 Å². The van der Waals surface area contributed by atoms with E-state index in [1.165, 1.54) is 7.11 Å². The number of rotatable bonds is 3. The highest BCUT2D eigenvalue weighted by molar-refractivity contribution is 5.88. The summed E-state index contributed by atoms with van der Waals surface area (Å²) in [5, 5.41) is 6.51. The van der Waals surface area contributed by atoms with E-state index in [1.54, 1.807) is 31.6 Å². The third-order valence-electron chi connectivity index (χ3n) is 2.24. The topological polar surface area (TPSA) is 77.1 Å². The number of carbonyl (C=O) groups is 1. The van der Waals surface area contributed by atoms with E-state index in [1.807, 2.05) is 0 Å². The normalized spacial score (nSPS) is 10.0. The summed E-state index contributed by atoms with van der Waals surface area (Å²) in [7, 11) is 2.85. The molecular formula is C11H11N3O3. The fraction of sp³-hybridized carbons (Fsp3) is 0.182. The average molecular weight is 233 g/mol. The molecule has 0 aromatic carbocycles. The number of esters is 1. The Labute approximate surface area is 97.6 Å². The minimum Gasteiger partial charge on any atom is -0.494 e. The van der Waals surface area contributed by atoms with Crippen molar-refractivity contribution in [2.75, 3.05) is 14.2 Å². The number of hydrogen-bond donors (Lipinski definition) is 1. The Kier molecular flexibility index (Phi) is 3.04. The zero-order valence-electron chi connectivity index (χ0n) is 9.43. The summed E-state index contributed by atoms with van der Waals surface area (Å²) in [5.41, 5.74) is 1.52. The van der Waals surface area contributed by atoms with Gasteiger partial charge >= 0.3 is 5.97 Å². The van der Waals surface area contributed by atoms with E-state index < -0.39 is 5.97 Å². The summed E-state index contributed by atoms with van der Waals surface area (Å²) >= 11 is 0. The molecule has 0 aliphatic rings. The summed E-state index contributed by atoms with van der Waals surface area (Å²) in [6.45, 7) is 0. The number of methoxy groups -OCH3 is 2. The van der Waals surface area contributed by atoms with Crippen LogP contribution in [0.4, 0.5) is 0 Å². The molecule has 6 heteroatoms. The molecule has 2 aromatic rings. The van der Waals surface area contributed by atoms with Crippen molar-refractivity contribution in [1.82, 2.24) is 15.2 Å². The van der Waals surface area contributed by atoms with Gasteiger partial charge in [0.1, 0.15) is 17.1 Å². The molecule has 0 saturated heterocycles. The van der Waals surface area contributed by atoms with Gasteiger partial charge in [-0.2, -0.15) is 5.10 Å². The zero-order chi connectivity index (χ0) is 12.3. The Morgan fingerprint density at radius 3 is 2.76 bits per heavy atom. The molecule has 0 saturated carbocycles. The van der Waals surface area contributed by atoms with Gasteiger partial charge < -0.3 is 9.47 Å². The first kappa shape index (κ1) is 11.1. The van der Waals surface area contributed by atoms with Crippen LogP contribution in [0.15, 0.2) is 24.5 Å². The Bertz CT molecular complexity index is 523. The maximum Gasteiger partial charge on any atom is 0.356 e. The van der Waals surface area contributed by atoms with Crippen molar-refractivity contribution in [3.05, 3.63) is 30.2 Å². The molecular weight excluding hydrogens is 222 g/mol. The molecule has 17 heavy (non-hydrogen) atoms. The van der Waals surface area contributed by atoms with Crippen LogP contribution in [0.1, 0.15) is 10.5 Å². The van der Waals surface area contributed by atoms with Gasteiger partial charge in [-0.25, -0.2) is 9.78 Å². The number of carbonyl (C=O) groups excluding carboxylic acids is 1. The summed E-state index contributed by atoms with van der Waals surface area (Å²) < 4.78 is 9.80. The standard InChI is InChI=1S/C11H11N3O3/c1-16-9-4-3-8(11(15)17-2)14-10(9)7-5-12-13-6-7/h3-6H,1-2H3,(H,12,13). The lowest BCUT2D eigenvalue weighted by Crippen LogP contribution is -2.05. The highest BCUT2D eigenvalue weighted by atomic mass is 16.5. The molecule has 0 fully saturated rings. The van der Waals surface area contributed by atoms with Gasteiger partial charge in [0.15, 0.2) is 0 Å². The van der Waals surface area contributed by atoms with Crippen molar-refractivity contribution in [1.29, 1.82) is 0 Å². The first-order chi connectivity index (χ1) is 8.26. The zero-order valence-corrected chi connectivity index (χ0v) is 9.43. The monoisotopic (exact) mass is 233 g/mol. The van der Waals surface area contributed by atoms with Crippen molar-refractivity contribution >= 4 is 5.97 Å². The third-order valence-corrected chi connectivity index (χ3v) is 2.24. The van der Waals surface area contributed by atoms with Crippen LogP contribution in [0.3, 0.4) is 0 Å². The third kappa shape index (κ3) is 2.10. The molecule has 0 amide bonds. The summed E-state index contributed by atoms with van der Waals surface area (Å²) in [6.07, 6.45) is 3.28. The maximum atomic E-state index is 11.4. The number of aromatic amines is 1. The van der Waals surface area contributed by atoms with Crippen LogP contribution in [0.5, 0.6) is 5.75 Å². The van der Waals surface area contributed by atoms with Gasteiger partial charge in [-0.05, 0) is 12.1 Å². The van der Waals surface area contributed by atoms with E-state index in [0.29, 0.717) is 11.4 Å². The lowest BCUT2D eigenvalue weighted by Gasteiger charge is -2.07. The lowest BCUT2D eigenvalue weighted by atomic mass is 10.2. The van der Waals surface area contributed by atoms with E-state index in [2.05, 4.69) is 19.9 Å². The van der Waals surface area contributed by atoms with Crippen molar-refractivity contribution < 1.29 is 14.3 Å². The van der Waals surface area contributed by atoms with E-state index in [-0.39, 0.29) is 5.69 Å². The van der Waals surface area contributed by atoms with Crippen LogP contribution >= 0.6 is 0 Å². The first-order valence-electron chi connectivity index (χ1n) is 4.88. The number of nitrogens with one attached hydrogen (secondary N) is 1. The Morgan fingerprint density at radius 2 is 2.18 bits per heavy atom. The smallest absolute Gasteiger partial charge is 0.356 e. The van der Waals surface area contributed by atoms with Gasteiger partial charge in [-0.1, -0.05) is 0 Å². The fourth-order valence-corrected chi connectivity index (χ4v) is 1.42. The number of H-pyrrole nitrogens is 1.